The van der Waals surface area contributed by atoms with Gasteiger partial charge in [0, 0.05) is 40.0 Å². The van der Waals surface area contributed by atoms with Gasteiger partial charge in [-0.05, 0) is 43.9 Å². The molecule has 1 N–H and O–H groups in total. The highest BCUT2D eigenvalue weighted by atomic mass is 127. The molecule has 31 heavy (non-hydrogen) atoms. The maximum atomic E-state index is 5.97. The molecular weight excluding hydrogens is 513 g/mol. The van der Waals surface area contributed by atoms with Crippen molar-refractivity contribution in [2.24, 2.45) is 4.99 Å². The molecule has 0 saturated carbocycles. The van der Waals surface area contributed by atoms with Crippen molar-refractivity contribution in [3.8, 4) is 17.2 Å². The molecule has 178 valence electrons. The van der Waals surface area contributed by atoms with E-state index in [1.165, 1.54) is 0 Å². The second kappa shape index (κ2) is 15.4. The van der Waals surface area contributed by atoms with Crippen molar-refractivity contribution in [3.63, 3.8) is 0 Å². The first-order chi connectivity index (χ1) is 14.7. The van der Waals surface area contributed by atoms with Gasteiger partial charge in [-0.2, -0.15) is 0 Å². The first kappa shape index (κ1) is 27.6. The monoisotopic (exact) mass is 551 g/mol. The number of aliphatic imine (C=N–C) groups is 1. The maximum absolute atomic E-state index is 5.97. The van der Waals surface area contributed by atoms with Gasteiger partial charge in [-0.15, -0.1) is 24.0 Å². The fourth-order valence-electron chi connectivity index (χ4n) is 3.51. The molecule has 1 aliphatic rings. The SMILES string of the molecule is CCNC(=NCc1cc(OC)c(OC)c(OC)c1)N1CCC(OCCCOC)CC1.I. The van der Waals surface area contributed by atoms with Crippen molar-refractivity contribution < 1.29 is 23.7 Å². The highest BCUT2D eigenvalue weighted by Gasteiger charge is 2.22. The summed E-state index contributed by atoms with van der Waals surface area (Å²) in [6.45, 7) is 6.78. The Morgan fingerprint density at radius 1 is 1.03 bits per heavy atom. The van der Waals surface area contributed by atoms with Gasteiger partial charge in [0.25, 0.3) is 0 Å². The molecule has 1 aliphatic heterocycles. The second-order valence-electron chi connectivity index (χ2n) is 7.11. The van der Waals surface area contributed by atoms with Crippen LogP contribution in [0.5, 0.6) is 17.2 Å². The van der Waals surface area contributed by atoms with Gasteiger partial charge < -0.3 is 33.9 Å². The Kier molecular flexibility index (Phi) is 13.7. The third-order valence-electron chi connectivity index (χ3n) is 5.06. The number of benzene rings is 1. The number of likely N-dealkylation sites (tertiary alicyclic amines) is 1. The highest BCUT2D eigenvalue weighted by molar-refractivity contribution is 14.0. The molecule has 1 fully saturated rings. The molecular formula is C22H38IN3O5. The van der Waals surface area contributed by atoms with E-state index in [1.807, 2.05) is 12.1 Å². The van der Waals surface area contributed by atoms with Crippen LogP contribution in [-0.4, -0.2) is 78.3 Å². The van der Waals surface area contributed by atoms with Crippen molar-refractivity contribution in [3.05, 3.63) is 17.7 Å². The summed E-state index contributed by atoms with van der Waals surface area (Å²) in [7, 11) is 6.57. The number of nitrogens with zero attached hydrogens (tertiary/aromatic N) is 2. The van der Waals surface area contributed by atoms with Gasteiger partial charge in [-0.1, -0.05) is 0 Å². The summed E-state index contributed by atoms with van der Waals surface area (Å²) in [6.07, 6.45) is 3.26. The fraction of sp³-hybridized carbons (Fsp3) is 0.682. The predicted octanol–water partition coefficient (Wildman–Crippen LogP) is 3.31. The topological polar surface area (TPSA) is 73.8 Å². The number of guanidine groups is 1. The van der Waals surface area contributed by atoms with Crippen molar-refractivity contribution >= 4 is 29.9 Å². The van der Waals surface area contributed by atoms with Gasteiger partial charge in [-0.25, -0.2) is 4.99 Å². The zero-order valence-corrected chi connectivity index (χ0v) is 21.8. The molecule has 0 amide bonds. The number of piperidine rings is 1. The molecule has 0 spiro atoms. The van der Waals surface area contributed by atoms with E-state index in [2.05, 4.69) is 17.1 Å². The molecule has 2 rings (SSSR count). The molecule has 8 nitrogen and oxygen atoms in total. The summed E-state index contributed by atoms with van der Waals surface area (Å²) in [4.78, 5) is 7.15. The minimum absolute atomic E-state index is 0. The Bertz CT molecular complexity index is 642. The van der Waals surface area contributed by atoms with Crippen LogP contribution in [-0.2, 0) is 16.0 Å². The van der Waals surface area contributed by atoms with E-state index in [4.69, 9.17) is 28.7 Å². The fourth-order valence-corrected chi connectivity index (χ4v) is 3.51. The third kappa shape index (κ3) is 8.53. The molecule has 1 heterocycles. The number of rotatable bonds is 11. The van der Waals surface area contributed by atoms with Crippen LogP contribution in [0.2, 0.25) is 0 Å². The van der Waals surface area contributed by atoms with Crippen molar-refractivity contribution in [2.75, 3.05) is 61.3 Å². The summed E-state index contributed by atoms with van der Waals surface area (Å²) in [5.41, 5.74) is 0.997. The number of hydrogen-bond acceptors (Lipinski definition) is 6. The Morgan fingerprint density at radius 3 is 2.19 bits per heavy atom. The van der Waals surface area contributed by atoms with Crippen LogP contribution >= 0.6 is 24.0 Å². The minimum atomic E-state index is 0. The standard InChI is InChI=1S/C22H37N3O5.HI/c1-6-23-22(25-10-8-18(9-11-25)30-13-7-12-26-2)24-16-17-14-19(27-3)21(29-5)20(15-17)28-4;/h14-15,18H,6-13,16H2,1-5H3,(H,23,24);1H. The number of nitrogens with one attached hydrogen (secondary N) is 1. The van der Waals surface area contributed by atoms with Gasteiger partial charge >= 0.3 is 0 Å². The average Bonchev–Trinajstić information content (AvgIpc) is 2.79. The molecule has 1 saturated heterocycles. The Labute approximate surface area is 203 Å². The normalized spacial score (nSPS) is 14.7. The van der Waals surface area contributed by atoms with Gasteiger partial charge in [0.2, 0.25) is 5.75 Å². The van der Waals surface area contributed by atoms with Crippen molar-refractivity contribution in [1.29, 1.82) is 0 Å². The van der Waals surface area contributed by atoms with E-state index < -0.39 is 0 Å². The van der Waals surface area contributed by atoms with Crippen LogP contribution in [0.25, 0.3) is 0 Å². The lowest BCUT2D eigenvalue weighted by Crippen LogP contribution is -2.47. The lowest BCUT2D eigenvalue weighted by molar-refractivity contribution is 0.00990. The molecule has 0 aliphatic carbocycles. The van der Waals surface area contributed by atoms with E-state index in [0.29, 0.717) is 29.9 Å². The quantitative estimate of drug-likeness (QED) is 0.196. The van der Waals surface area contributed by atoms with E-state index in [9.17, 15) is 0 Å². The van der Waals surface area contributed by atoms with Gasteiger partial charge in [0.1, 0.15) is 0 Å². The maximum Gasteiger partial charge on any atom is 0.203 e. The Balaban J connectivity index is 0.00000480. The van der Waals surface area contributed by atoms with Crippen LogP contribution < -0.4 is 19.5 Å². The van der Waals surface area contributed by atoms with E-state index >= 15 is 0 Å². The Hall–Kier alpha value is -1.46. The molecule has 9 heteroatoms. The smallest absolute Gasteiger partial charge is 0.203 e. The molecule has 0 aromatic heterocycles. The number of halogens is 1. The second-order valence-corrected chi connectivity index (χ2v) is 7.11. The highest BCUT2D eigenvalue weighted by Crippen LogP contribution is 2.38. The molecule has 1 aromatic carbocycles. The van der Waals surface area contributed by atoms with Crippen LogP contribution in [0.15, 0.2) is 17.1 Å². The molecule has 0 atom stereocenters. The molecule has 1 aromatic rings. The summed E-state index contributed by atoms with van der Waals surface area (Å²) in [6, 6.07) is 3.88. The summed E-state index contributed by atoms with van der Waals surface area (Å²) in [5.74, 6) is 2.79. The lowest BCUT2D eigenvalue weighted by Gasteiger charge is -2.34. The Morgan fingerprint density at radius 2 is 1.68 bits per heavy atom. The predicted molar refractivity (Wildman–Crippen MR) is 133 cm³/mol. The largest absolute Gasteiger partial charge is 0.493 e. The minimum Gasteiger partial charge on any atom is -0.493 e. The summed E-state index contributed by atoms with van der Waals surface area (Å²) >= 11 is 0. The molecule has 0 unspecified atom stereocenters. The first-order valence-electron chi connectivity index (χ1n) is 10.6. The lowest BCUT2D eigenvalue weighted by atomic mass is 10.1. The van der Waals surface area contributed by atoms with E-state index in [1.54, 1.807) is 28.4 Å². The first-order valence-corrected chi connectivity index (χ1v) is 10.6. The summed E-state index contributed by atoms with van der Waals surface area (Å²) in [5, 5.41) is 3.41. The van der Waals surface area contributed by atoms with Gasteiger partial charge in [0.15, 0.2) is 17.5 Å². The van der Waals surface area contributed by atoms with Crippen molar-refractivity contribution in [1.82, 2.24) is 10.2 Å². The zero-order valence-electron chi connectivity index (χ0n) is 19.4. The summed E-state index contributed by atoms with van der Waals surface area (Å²) < 4.78 is 27.3. The number of ether oxygens (including phenoxy) is 5. The molecule has 0 bridgehead atoms. The zero-order chi connectivity index (χ0) is 21.8. The van der Waals surface area contributed by atoms with Crippen LogP contribution in [0, 0.1) is 0 Å². The number of hydrogen-bond donors (Lipinski definition) is 1. The van der Waals surface area contributed by atoms with Crippen LogP contribution in [0.4, 0.5) is 0 Å². The van der Waals surface area contributed by atoms with E-state index in [0.717, 1.165) is 63.6 Å². The number of methoxy groups -OCH3 is 4. The van der Waals surface area contributed by atoms with Crippen LogP contribution in [0.3, 0.4) is 0 Å². The van der Waals surface area contributed by atoms with Crippen molar-refractivity contribution in [2.45, 2.75) is 38.8 Å². The van der Waals surface area contributed by atoms with Gasteiger partial charge in [-0.3, -0.25) is 0 Å². The van der Waals surface area contributed by atoms with Gasteiger partial charge in [0.05, 0.1) is 34.0 Å². The molecule has 0 radical (unpaired) electrons. The third-order valence-corrected chi connectivity index (χ3v) is 5.06. The average molecular weight is 551 g/mol. The van der Waals surface area contributed by atoms with Crippen LogP contribution in [0.1, 0.15) is 31.7 Å². The van der Waals surface area contributed by atoms with E-state index in [-0.39, 0.29) is 24.0 Å².